The highest BCUT2D eigenvalue weighted by Crippen LogP contribution is 2.22. The number of pyridine rings is 1. The second-order valence-corrected chi connectivity index (χ2v) is 6.29. The van der Waals surface area contributed by atoms with E-state index in [9.17, 15) is 0 Å². The van der Waals surface area contributed by atoms with Gasteiger partial charge < -0.3 is 21.1 Å². The average molecular weight is 370 g/mol. The summed E-state index contributed by atoms with van der Waals surface area (Å²) in [6.07, 6.45) is 5.83. The maximum atomic E-state index is 5.84. The zero-order valence-electron chi connectivity index (χ0n) is 16.0. The molecule has 4 N–H and O–H groups in total. The van der Waals surface area contributed by atoms with E-state index in [0.717, 1.165) is 42.9 Å². The maximum Gasteiger partial charge on any atom is 0.222 e. The Morgan fingerprint density at radius 2 is 2.15 bits per heavy atom. The number of rotatable bonds is 9. The van der Waals surface area contributed by atoms with Crippen LogP contribution in [0.3, 0.4) is 0 Å². The molecule has 3 rings (SSSR count). The Balaban J connectivity index is 1.88. The van der Waals surface area contributed by atoms with E-state index in [-0.39, 0.29) is 5.95 Å². The number of anilines is 2. The predicted molar refractivity (Wildman–Crippen MR) is 106 cm³/mol. The normalized spacial score (nSPS) is 11.1. The summed E-state index contributed by atoms with van der Waals surface area (Å²) in [4.78, 5) is 13.1. The van der Waals surface area contributed by atoms with Crippen LogP contribution in [0, 0.1) is 0 Å². The summed E-state index contributed by atoms with van der Waals surface area (Å²) in [5.41, 5.74) is 9.10. The molecule has 0 amide bonds. The van der Waals surface area contributed by atoms with Crippen molar-refractivity contribution in [2.45, 2.75) is 32.9 Å². The molecule has 0 fully saturated rings. The van der Waals surface area contributed by atoms with Gasteiger partial charge in [-0.05, 0) is 25.1 Å². The lowest BCUT2D eigenvalue weighted by atomic mass is 10.2. The van der Waals surface area contributed by atoms with E-state index < -0.39 is 0 Å². The van der Waals surface area contributed by atoms with Crippen molar-refractivity contribution >= 4 is 22.8 Å². The van der Waals surface area contributed by atoms with E-state index in [2.05, 4.69) is 37.6 Å². The molecular formula is C18H26N8O. The molecule has 0 atom stereocenters. The molecule has 0 aromatic carbocycles. The quantitative estimate of drug-likeness (QED) is 0.488. The second-order valence-electron chi connectivity index (χ2n) is 6.29. The fourth-order valence-electron chi connectivity index (χ4n) is 2.83. The molecule has 0 spiro atoms. The minimum absolute atomic E-state index is 0.230. The highest BCUT2D eigenvalue weighted by atomic mass is 16.5. The van der Waals surface area contributed by atoms with E-state index in [1.54, 1.807) is 11.8 Å². The molecule has 0 unspecified atom stereocenters. The Morgan fingerprint density at radius 3 is 2.89 bits per heavy atom. The monoisotopic (exact) mass is 370 g/mol. The highest BCUT2D eigenvalue weighted by molar-refractivity contribution is 5.85. The molecular weight excluding hydrogens is 344 g/mol. The topological polar surface area (TPSA) is 116 Å². The lowest BCUT2D eigenvalue weighted by Crippen LogP contribution is -2.09. The summed E-state index contributed by atoms with van der Waals surface area (Å²) in [5.74, 6) is 1.62. The zero-order chi connectivity index (χ0) is 19.2. The summed E-state index contributed by atoms with van der Waals surface area (Å²) < 4.78 is 7.28. The van der Waals surface area contributed by atoms with E-state index in [4.69, 9.17) is 10.5 Å². The van der Waals surface area contributed by atoms with Gasteiger partial charge in [0.25, 0.3) is 0 Å². The van der Waals surface area contributed by atoms with Crippen LogP contribution in [0.4, 0.5) is 11.8 Å². The molecule has 0 aliphatic rings. The number of ether oxygens (including phenoxy) is 1. The Hall–Kier alpha value is -2.94. The third-order valence-electron chi connectivity index (χ3n) is 4.15. The Morgan fingerprint density at radius 1 is 1.30 bits per heavy atom. The summed E-state index contributed by atoms with van der Waals surface area (Å²) in [6.45, 7) is 4.16. The Labute approximate surface area is 158 Å². The van der Waals surface area contributed by atoms with Crippen molar-refractivity contribution in [3.63, 3.8) is 0 Å². The van der Waals surface area contributed by atoms with Crippen LogP contribution in [-0.4, -0.2) is 45.4 Å². The maximum absolute atomic E-state index is 5.84. The van der Waals surface area contributed by atoms with Crippen LogP contribution in [0.25, 0.3) is 11.0 Å². The molecule has 3 aromatic rings. The summed E-state index contributed by atoms with van der Waals surface area (Å²) in [6, 6.07) is 1.98. The van der Waals surface area contributed by atoms with Crippen molar-refractivity contribution in [1.82, 2.24) is 30.0 Å². The Kier molecular flexibility index (Phi) is 6.02. The standard InChI is InChI=1S/C18H26N8O/c1-4-5-6-21-17-16-14(23-18(19)24-17)11-26(25-16)10-13-15(27-3)7-12(8-20-2)9-22-13/h7,9,11,20H,4-6,8,10H2,1-3H3,(H3,19,21,23,24). The number of unbranched alkanes of at least 4 members (excludes halogenated alkanes) is 1. The molecule has 0 radical (unpaired) electrons. The SMILES string of the molecule is CCCCNc1nc(N)nc2cn(Cc3ncc(CNC)cc3OC)nc12. The smallest absolute Gasteiger partial charge is 0.222 e. The fourth-order valence-corrected chi connectivity index (χ4v) is 2.83. The summed E-state index contributed by atoms with van der Waals surface area (Å²) in [7, 11) is 3.54. The molecule has 0 bridgehead atoms. The van der Waals surface area contributed by atoms with Crippen molar-refractivity contribution in [1.29, 1.82) is 0 Å². The first kappa shape index (κ1) is 18.8. The van der Waals surface area contributed by atoms with E-state index in [1.165, 1.54) is 0 Å². The van der Waals surface area contributed by atoms with Gasteiger partial charge in [0.15, 0.2) is 11.3 Å². The van der Waals surface area contributed by atoms with Gasteiger partial charge >= 0.3 is 0 Å². The number of nitrogens with two attached hydrogens (primary N) is 1. The van der Waals surface area contributed by atoms with E-state index in [0.29, 0.717) is 23.4 Å². The number of hydrogen-bond acceptors (Lipinski definition) is 8. The van der Waals surface area contributed by atoms with Crippen LogP contribution in [0.15, 0.2) is 18.5 Å². The lowest BCUT2D eigenvalue weighted by Gasteiger charge is -2.09. The molecule has 0 aliphatic heterocycles. The third-order valence-corrected chi connectivity index (χ3v) is 4.15. The van der Waals surface area contributed by atoms with Crippen molar-refractivity contribution in [2.75, 3.05) is 31.8 Å². The number of hydrogen-bond donors (Lipinski definition) is 3. The largest absolute Gasteiger partial charge is 0.495 e. The van der Waals surface area contributed by atoms with Crippen molar-refractivity contribution < 1.29 is 4.74 Å². The number of methoxy groups -OCH3 is 1. The summed E-state index contributed by atoms with van der Waals surface area (Å²) in [5, 5.41) is 11.0. The number of aromatic nitrogens is 5. The van der Waals surface area contributed by atoms with Gasteiger partial charge in [-0.25, -0.2) is 4.98 Å². The van der Waals surface area contributed by atoms with Crippen LogP contribution in [-0.2, 0) is 13.1 Å². The van der Waals surface area contributed by atoms with Crippen LogP contribution < -0.4 is 21.1 Å². The molecule has 144 valence electrons. The lowest BCUT2D eigenvalue weighted by molar-refractivity contribution is 0.403. The van der Waals surface area contributed by atoms with E-state index >= 15 is 0 Å². The molecule has 27 heavy (non-hydrogen) atoms. The van der Waals surface area contributed by atoms with Gasteiger partial charge in [0.2, 0.25) is 5.95 Å². The molecule has 9 heteroatoms. The van der Waals surface area contributed by atoms with Gasteiger partial charge in [-0.3, -0.25) is 9.67 Å². The first-order valence-corrected chi connectivity index (χ1v) is 9.05. The fraction of sp³-hybridized carbons (Fsp3) is 0.444. The number of nitrogens with one attached hydrogen (secondary N) is 2. The van der Waals surface area contributed by atoms with Crippen molar-refractivity contribution in [2.24, 2.45) is 0 Å². The second kappa shape index (κ2) is 8.63. The third kappa shape index (κ3) is 4.43. The van der Waals surface area contributed by atoms with Crippen LogP contribution >= 0.6 is 0 Å². The first-order chi connectivity index (χ1) is 13.1. The van der Waals surface area contributed by atoms with Crippen molar-refractivity contribution in [3.05, 3.63) is 29.7 Å². The van der Waals surface area contributed by atoms with Gasteiger partial charge in [-0.2, -0.15) is 10.1 Å². The van der Waals surface area contributed by atoms with Crippen LogP contribution in [0.2, 0.25) is 0 Å². The molecule has 0 saturated carbocycles. The minimum Gasteiger partial charge on any atom is -0.495 e. The molecule has 0 saturated heterocycles. The van der Waals surface area contributed by atoms with Crippen LogP contribution in [0.1, 0.15) is 31.0 Å². The van der Waals surface area contributed by atoms with Gasteiger partial charge in [-0.15, -0.1) is 0 Å². The van der Waals surface area contributed by atoms with Gasteiger partial charge in [-0.1, -0.05) is 13.3 Å². The number of fused-ring (bicyclic) bond motifs is 1. The molecule has 3 aromatic heterocycles. The number of nitrogen functional groups attached to an aromatic ring is 1. The average Bonchev–Trinajstić information content (AvgIpc) is 3.05. The molecule has 3 heterocycles. The number of nitrogens with zero attached hydrogens (tertiary/aromatic N) is 5. The Bertz CT molecular complexity index is 908. The van der Waals surface area contributed by atoms with Crippen molar-refractivity contribution in [3.8, 4) is 5.75 Å². The zero-order valence-corrected chi connectivity index (χ0v) is 16.0. The van der Waals surface area contributed by atoms with Crippen LogP contribution in [0.5, 0.6) is 5.75 Å². The van der Waals surface area contributed by atoms with Gasteiger partial charge in [0.05, 0.1) is 19.9 Å². The van der Waals surface area contributed by atoms with Gasteiger partial charge in [0, 0.05) is 19.3 Å². The predicted octanol–water partition coefficient (Wildman–Crippen LogP) is 1.79. The van der Waals surface area contributed by atoms with E-state index in [1.807, 2.05) is 25.5 Å². The molecule has 9 nitrogen and oxygen atoms in total. The minimum atomic E-state index is 0.230. The molecule has 0 aliphatic carbocycles. The highest BCUT2D eigenvalue weighted by Gasteiger charge is 2.13. The van der Waals surface area contributed by atoms with Gasteiger partial charge in [0.1, 0.15) is 17.0 Å². The summed E-state index contributed by atoms with van der Waals surface area (Å²) >= 11 is 0. The first-order valence-electron chi connectivity index (χ1n) is 9.05.